The Morgan fingerprint density at radius 1 is 1.25 bits per heavy atom. The first-order valence-corrected chi connectivity index (χ1v) is 8.82. The Balaban J connectivity index is 0.00000529. The molecular weight excluding hydrogens is 356 g/mol. The summed E-state index contributed by atoms with van der Waals surface area (Å²) in [7, 11) is -0.142. The minimum Gasteiger partial charge on any atom is -0.340 e. The van der Waals surface area contributed by atoms with Crippen molar-refractivity contribution >= 4 is 45.6 Å². The Hall–Kier alpha value is -1.84. The molecule has 0 saturated heterocycles. The van der Waals surface area contributed by atoms with Crippen LogP contribution in [-0.4, -0.2) is 58.6 Å². The molecule has 136 valence electrons. The van der Waals surface area contributed by atoms with E-state index in [1.807, 2.05) is 0 Å². The highest BCUT2D eigenvalue weighted by Crippen LogP contribution is 2.23. The number of anilines is 2. The third-order valence-corrected chi connectivity index (χ3v) is 3.50. The molecular formula is C14H23ClN4O4S. The van der Waals surface area contributed by atoms with E-state index in [-0.39, 0.29) is 35.5 Å². The number of rotatable bonds is 7. The number of hydrogen-bond donors (Lipinski definition) is 3. The van der Waals surface area contributed by atoms with Gasteiger partial charge in [-0.2, -0.15) is 0 Å². The molecule has 2 amide bonds. The first kappa shape index (κ1) is 22.2. The number of halogens is 1. The topological polar surface area (TPSA) is 108 Å². The van der Waals surface area contributed by atoms with E-state index in [0.29, 0.717) is 18.8 Å². The van der Waals surface area contributed by atoms with Crippen molar-refractivity contribution in [3.8, 4) is 0 Å². The molecule has 0 atom stereocenters. The summed E-state index contributed by atoms with van der Waals surface area (Å²) >= 11 is 0. The Morgan fingerprint density at radius 3 is 2.38 bits per heavy atom. The smallest absolute Gasteiger partial charge is 0.255 e. The highest BCUT2D eigenvalue weighted by atomic mass is 35.5. The zero-order valence-corrected chi connectivity index (χ0v) is 15.7. The SMILES string of the molecule is CNCCN(C)C(=O)c1cc(NC(C)=O)ccc1NS(C)(=O)=O.Cl. The summed E-state index contributed by atoms with van der Waals surface area (Å²) in [6.45, 7) is 2.41. The summed E-state index contributed by atoms with van der Waals surface area (Å²) in [5, 5.41) is 5.51. The van der Waals surface area contributed by atoms with Gasteiger partial charge in [0.25, 0.3) is 5.91 Å². The first-order chi connectivity index (χ1) is 10.6. The Kier molecular flexibility index (Phi) is 8.73. The molecule has 0 aliphatic heterocycles. The number of carbonyl (C=O) groups excluding carboxylic acids is 2. The zero-order chi connectivity index (χ0) is 17.6. The lowest BCUT2D eigenvalue weighted by molar-refractivity contribution is -0.114. The fourth-order valence-corrected chi connectivity index (χ4v) is 2.46. The van der Waals surface area contributed by atoms with Crippen molar-refractivity contribution in [1.82, 2.24) is 10.2 Å². The summed E-state index contributed by atoms with van der Waals surface area (Å²) < 4.78 is 25.2. The van der Waals surface area contributed by atoms with Gasteiger partial charge in [-0.1, -0.05) is 0 Å². The minimum atomic E-state index is -3.53. The number of amides is 2. The van der Waals surface area contributed by atoms with E-state index < -0.39 is 10.0 Å². The lowest BCUT2D eigenvalue weighted by Crippen LogP contribution is -2.33. The highest BCUT2D eigenvalue weighted by Gasteiger charge is 2.18. The fraction of sp³-hybridized carbons (Fsp3) is 0.429. The maximum absolute atomic E-state index is 12.5. The summed E-state index contributed by atoms with van der Waals surface area (Å²) in [4.78, 5) is 25.2. The second kappa shape index (κ2) is 9.45. The minimum absolute atomic E-state index is 0. The van der Waals surface area contributed by atoms with Crippen LogP contribution >= 0.6 is 12.4 Å². The summed E-state index contributed by atoms with van der Waals surface area (Å²) in [5.74, 6) is -0.630. The van der Waals surface area contributed by atoms with Crippen LogP contribution in [-0.2, 0) is 14.8 Å². The Morgan fingerprint density at radius 2 is 1.88 bits per heavy atom. The van der Waals surface area contributed by atoms with E-state index in [1.165, 1.54) is 30.0 Å². The number of nitrogens with one attached hydrogen (secondary N) is 3. The zero-order valence-electron chi connectivity index (χ0n) is 14.0. The van der Waals surface area contributed by atoms with Gasteiger partial charge in [0.05, 0.1) is 17.5 Å². The van der Waals surface area contributed by atoms with Gasteiger partial charge in [-0.15, -0.1) is 12.4 Å². The van der Waals surface area contributed by atoms with E-state index in [0.717, 1.165) is 6.26 Å². The van der Waals surface area contributed by atoms with Gasteiger partial charge in [0.1, 0.15) is 0 Å². The average molecular weight is 379 g/mol. The molecule has 0 aliphatic rings. The quantitative estimate of drug-likeness (QED) is 0.648. The van der Waals surface area contributed by atoms with E-state index in [9.17, 15) is 18.0 Å². The van der Waals surface area contributed by atoms with Gasteiger partial charge >= 0.3 is 0 Å². The standard InChI is InChI=1S/C14H22N4O4S.ClH/c1-10(19)16-11-5-6-13(17-23(4,21)22)12(9-11)14(20)18(3)8-7-15-2;/h5-6,9,15,17H,7-8H2,1-4H3,(H,16,19);1H. The first-order valence-electron chi connectivity index (χ1n) is 6.93. The maximum Gasteiger partial charge on any atom is 0.255 e. The molecule has 0 heterocycles. The van der Waals surface area contributed by atoms with Crippen molar-refractivity contribution in [2.45, 2.75) is 6.92 Å². The van der Waals surface area contributed by atoms with Gasteiger partial charge in [-0.25, -0.2) is 8.42 Å². The van der Waals surface area contributed by atoms with Gasteiger partial charge in [-0.3, -0.25) is 14.3 Å². The van der Waals surface area contributed by atoms with Crippen LogP contribution in [0.5, 0.6) is 0 Å². The van der Waals surface area contributed by atoms with Crippen molar-refractivity contribution < 1.29 is 18.0 Å². The van der Waals surface area contributed by atoms with Crippen LogP contribution in [0.4, 0.5) is 11.4 Å². The lowest BCUT2D eigenvalue weighted by atomic mass is 10.1. The molecule has 0 bridgehead atoms. The third kappa shape index (κ3) is 7.16. The van der Waals surface area contributed by atoms with Crippen LogP contribution in [0.15, 0.2) is 18.2 Å². The maximum atomic E-state index is 12.5. The normalized spacial score (nSPS) is 10.5. The molecule has 0 spiro atoms. The number of benzene rings is 1. The summed E-state index contributed by atoms with van der Waals surface area (Å²) in [5.41, 5.74) is 0.755. The average Bonchev–Trinajstić information content (AvgIpc) is 2.43. The molecule has 24 heavy (non-hydrogen) atoms. The highest BCUT2D eigenvalue weighted by molar-refractivity contribution is 7.92. The predicted molar refractivity (Wildman–Crippen MR) is 97.3 cm³/mol. The number of likely N-dealkylation sites (N-methyl/N-ethyl adjacent to an activating group) is 2. The molecule has 0 unspecified atom stereocenters. The number of hydrogen-bond acceptors (Lipinski definition) is 5. The van der Waals surface area contributed by atoms with Crippen molar-refractivity contribution in [2.75, 3.05) is 43.5 Å². The van der Waals surface area contributed by atoms with Crippen LogP contribution < -0.4 is 15.4 Å². The van der Waals surface area contributed by atoms with Gasteiger partial charge < -0.3 is 15.5 Å². The molecule has 0 fully saturated rings. The van der Waals surface area contributed by atoms with Crippen LogP contribution in [0.1, 0.15) is 17.3 Å². The van der Waals surface area contributed by atoms with Crippen molar-refractivity contribution in [3.05, 3.63) is 23.8 Å². The van der Waals surface area contributed by atoms with E-state index in [1.54, 1.807) is 14.1 Å². The largest absolute Gasteiger partial charge is 0.340 e. The number of carbonyl (C=O) groups is 2. The third-order valence-electron chi connectivity index (χ3n) is 2.91. The summed E-state index contributed by atoms with van der Waals surface area (Å²) in [6, 6.07) is 4.43. The molecule has 0 aliphatic carbocycles. The lowest BCUT2D eigenvalue weighted by Gasteiger charge is -2.20. The summed E-state index contributed by atoms with van der Waals surface area (Å²) in [6.07, 6.45) is 1.01. The van der Waals surface area contributed by atoms with Crippen LogP contribution in [0.3, 0.4) is 0 Å². The fourth-order valence-electron chi connectivity index (χ4n) is 1.88. The predicted octanol–water partition coefficient (Wildman–Crippen LogP) is 0.730. The second-order valence-corrected chi connectivity index (χ2v) is 6.89. The number of sulfonamides is 1. The molecule has 0 aromatic heterocycles. The van der Waals surface area contributed by atoms with E-state index in [4.69, 9.17) is 0 Å². The molecule has 0 radical (unpaired) electrons. The number of nitrogens with zero attached hydrogens (tertiary/aromatic N) is 1. The molecule has 8 nitrogen and oxygen atoms in total. The molecule has 0 saturated carbocycles. The monoisotopic (exact) mass is 378 g/mol. The van der Waals surface area contributed by atoms with Crippen molar-refractivity contribution in [2.24, 2.45) is 0 Å². The second-order valence-electron chi connectivity index (χ2n) is 5.15. The van der Waals surface area contributed by atoms with Gasteiger partial charge in [0, 0.05) is 32.7 Å². The van der Waals surface area contributed by atoms with Crippen LogP contribution in [0.2, 0.25) is 0 Å². The van der Waals surface area contributed by atoms with E-state index in [2.05, 4.69) is 15.4 Å². The molecule has 1 rings (SSSR count). The van der Waals surface area contributed by atoms with Gasteiger partial charge in [-0.05, 0) is 25.2 Å². The van der Waals surface area contributed by atoms with Crippen molar-refractivity contribution in [1.29, 1.82) is 0 Å². The van der Waals surface area contributed by atoms with Crippen molar-refractivity contribution in [3.63, 3.8) is 0 Å². The molecule has 1 aromatic carbocycles. The van der Waals surface area contributed by atoms with Gasteiger partial charge in [0.15, 0.2) is 0 Å². The Labute approximate surface area is 148 Å². The van der Waals surface area contributed by atoms with E-state index >= 15 is 0 Å². The van der Waals surface area contributed by atoms with Crippen LogP contribution in [0, 0.1) is 0 Å². The Bertz CT molecular complexity index is 694. The molecule has 10 heteroatoms. The molecule has 3 N–H and O–H groups in total. The molecule has 1 aromatic rings. The van der Waals surface area contributed by atoms with Crippen LogP contribution in [0.25, 0.3) is 0 Å². The van der Waals surface area contributed by atoms with Gasteiger partial charge in [0.2, 0.25) is 15.9 Å².